The molecular weight excluding hydrogens is 320 g/mol. The first-order valence-electron chi connectivity index (χ1n) is 7.65. The lowest BCUT2D eigenvalue weighted by Gasteiger charge is -2.10. The van der Waals surface area contributed by atoms with E-state index >= 15 is 0 Å². The van der Waals surface area contributed by atoms with Crippen LogP contribution in [0.3, 0.4) is 0 Å². The van der Waals surface area contributed by atoms with Gasteiger partial charge in [0.25, 0.3) is 5.91 Å². The number of aromatic nitrogens is 3. The molecule has 1 N–H and O–H groups in total. The van der Waals surface area contributed by atoms with Gasteiger partial charge < -0.3 is 14.8 Å². The fraction of sp³-hybridized carbons (Fsp3) is 0.167. The molecule has 1 amide bonds. The molecule has 0 atom stereocenters. The Hall–Kier alpha value is -3.35. The van der Waals surface area contributed by atoms with E-state index < -0.39 is 0 Å². The normalized spacial score (nSPS) is 10.4. The van der Waals surface area contributed by atoms with Crippen molar-refractivity contribution >= 4 is 11.6 Å². The molecule has 1 heterocycles. The van der Waals surface area contributed by atoms with Gasteiger partial charge in [0.15, 0.2) is 5.69 Å². The van der Waals surface area contributed by atoms with Gasteiger partial charge in [-0.2, -0.15) is 9.90 Å². The molecule has 0 radical (unpaired) electrons. The zero-order valence-corrected chi connectivity index (χ0v) is 14.2. The Bertz CT molecular complexity index is 891. The molecule has 7 heteroatoms. The standard InChI is InChI=1S/C18H18N4O3/c1-12-17(21-22(20-12)13-7-5-4-6-8-13)18(23)19-15-10-9-14(24-2)11-16(15)25-3/h4-11H,1-3H3,(H,19,23). The van der Waals surface area contributed by atoms with E-state index in [1.165, 1.54) is 11.9 Å². The highest BCUT2D eigenvalue weighted by Crippen LogP contribution is 2.29. The number of amides is 1. The van der Waals surface area contributed by atoms with Gasteiger partial charge in [0.1, 0.15) is 11.5 Å². The monoisotopic (exact) mass is 338 g/mol. The van der Waals surface area contributed by atoms with Gasteiger partial charge in [-0.1, -0.05) is 18.2 Å². The molecular formula is C18H18N4O3. The summed E-state index contributed by atoms with van der Waals surface area (Å²) in [5.41, 5.74) is 2.10. The Morgan fingerprint density at radius 1 is 1.04 bits per heavy atom. The Balaban J connectivity index is 1.86. The van der Waals surface area contributed by atoms with Gasteiger partial charge in [-0.05, 0) is 31.2 Å². The maximum absolute atomic E-state index is 12.6. The summed E-state index contributed by atoms with van der Waals surface area (Å²) in [7, 11) is 3.10. The average Bonchev–Trinajstić information content (AvgIpc) is 3.04. The number of methoxy groups -OCH3 is 2. The van der Waals surface area contributed by atoms with Crippen molar-refractivity contribution in [3.63, 3.8) is 0 Å². The molecule has 0 unspecified atom stereocenters. The van der Waals surface area contributed by atoms with E-state index in [1.54, 1.807) is 32.2 Å². The van der Waals surface area contributed by atoms with Crippen LogP contribution >= 0.6 is 0 Å². The number of para-hydroxylation sites is 1. The van der Waals surface area contributed by atoms with Crippen LogP contribution in [0.2, 0.25) is 0 Å². The molecule has 3 rings (SSSR count). The van der Waals surface area contributed by atoms with Gasteiger partial charge in [0.05, 0.1) is 31.3 Å². The van der Waals surface area contributed by atoms with Crippen LogP contribution in [0.5, 0.6) is 11.5 Å². The summed E-state index contributed by atoms with van der Waals surface area (Å²) < 4.78 is 10.4. The van der Waals surface area contributed by atoms with Crippen LogP contribution in [0.15, 0.2) is 48.5 Å². The number of hydrogen-bond acceptors (Lipinski definition) is 5. The van der Waals surface area contributed by atoms with Gasteiger partial charge in [0, 0.05) is 6.07 Å². The molecule has 25 heavy (non-hydrogen) atoms. The number of benzene rings is 2. The molecule has 0 saturated carbocycles. The number of nitrogens with zero attached hydrogens (tertiary/aromatic N) is 3. The van der Waals surface area contributed by atoms with E-state index in [0.29, 0.717) is 22.9 Å². The summed E-state index contributed by atoms with van der Waals surface area (Å²) in [6.07, 6.45) is 0. The Morgan fingerprint density at radius 2 is 1.80 bits per heavy atom. The van der Waals surface area contributed by atoms with Crippen molar-refractivity contribution in [1.29, 1.82) is 0 Å². The Labute approximate surface area is 145 Å². The minimum Gasteiger partial charge on any atom is -0.497 e. The lowest BCUT2D eigenvalue weighted by Crippen LogP contribution is -2.15. The number of carbonyl (C=O) groups excluding carboxylic acids is 1. The van der Waals surface area contributed by atoms with Gasteiger partial charge in [0.2, 0.25) is 0 Å². The third-order valence-corrected chi connectivity index (χ3v) is 3.64. The van der Waals surface area contributed by atoms with Crippen molar-refractivity contribution in [3.8, 4) is 17.2 Å². The highest BCUT2D eigenvalue weighted by Gasteiger charge is 2.18. The third-order valence-electron chi connectivity index (χ3n) is 3.64. The van der Waals surface area contributed by atoms with Crippen molar-refractivity contribution in [2.75, 3.05) is 19.5 Å². The van der Waals surface area contributed by atoms with Crippen LogP contribution in [0.4, 0.5) is 5.69 Å². The second kappa shape index (κ2) is 7.04. The Morgan fingerprint density at radius 3 is 2.48 bits per heavy atom. The van der Waals surface area contributed by atoms with Crippen LogP contribution < -0.4 is 14.8 Å². The molecule has 0 aliphatic rings. The van der Waals surface area contributed by atoms with E-state index in [0.717, 1.165) is 5.69 Å². The molecule has 7 nitrogen and oxygen atoms in total. The summed E-state index contributed by atoms with van der Waals surface area (Å²) in [6.45, 7) is 1.74. The topological polar surface area (TPSA) is 78.3 Å². The third kappa shape index (κ3) is 3.45. The number of ether oxygens (including phenoxy) is 2. The van der Waals surface area contributed by atoms with Crippen LogP contribution in [0.1, 0.15) is 16.2 Å². The Kier molecular flexibility index (Phi) is 4.65. The first kappa shape index (κ1) is 16.5. The van der Waals surface area contributed by atoms with Gasteiger partial charge in [-0.15, -0.1) is 5.10 Å². The highest BCUT2D eigenvalue weighted by atomic mass is 16.5. The molecule has 3 aromatic rings. The predicted octanol–water partition coefficient (Wildman–Crippen LogP) is 2.85. The summed E-state index contributed by atoms with van der Waals surface area (Å²) in [5, 5.41) is 11.4. The van der Waals surface area contributed by atoms with Crippen LogP contribution in [-0.2, 0) is 0 Å². The molecule has 2 aromatic carbocycles. The summed E-state index contributed by atoms with van der Waals surface area (Å²) in [4.78, 5) is 14.0. The van der Waals surface area contributed by atoms with E-state index in [-0.39, 0.29) is 11.6 Å². The van der Waals surface area contributed by atoms with Gasteiger partial charge in [-0.3, -0.25) is 4.79 Å². The molecule has 0 saturated heterocycles. The zero-order chi connectivity index (χ0) is 17.8. The van der Waals surface area contributed by atoms with E-state index in [2.05, 4.69) is 15.5 Å². The largest absolute Gasteiger partial charge is 0.497 e. The van der Waals surface area contributed by atoms with Crippen molar-refractivity contribution in [1.82, 2.24) is 15.0 Å². The maximum atomic E-state index is 12.6. The second-order valence-corrected chi connectivity index (χ2v) is 5.28. The molecule has 128 valence electrons. The first-order chi connectivity index (χ1) is 12.1. The number of anilines is 1. The lowest BCUT2D eigenvalue weighted by atomic mass is 10.2. The zero-order valence-electron chi connectivity index (χ0n) is 14.2. The smallest absolute Gasteiger partial charge is 0.278 e. The number of hydrogen-bond donors (Lipinski definition) is 1. The number of aryl methyl sites for hydroxylation is 1. The summed E-state index contributed by atoms with van der Waals surface area (Å²) in [5.74, 6) is 0.782. The average molecular weight is 338 g/mol. The molecule has 0 bridgehead atoms. The van der Waals surface area contributed by atoms with Crippen molar-refractivity contribution < 1.29 is 14.3 Å². The molecule has 0 aliphatic carbocycles. The quantitative estimate of drug-likeness (QED) is 0.774. The maximum Gasteiger partial charge on any atom is 0.278 e. The minimum absolute atomic E-state index is 0.252. The van der Waals surface area contributed by atoms with Crippen molar-refractivity contribution in [3.05, 3.63) is 59.9 Å². The molecule has 0 aliphatic heterocycles. The second-order valence-electron chi connectivity index (χ2n) is 5.28. The fourth-order valence-electron chi connectivity index (χ4n) is 2.35. The lowest BCUT2D eigenvalue weighted by molar-refractivity contribution is 0.102. The SMILES string of the molecule is COc1ccc(NC(=O)c2nn(-c3ccccc3)nc2C)c(OC)c1. The number of nitrogens with one attached hydrogen (secondary N) is 1. The minimum atomic E-state index is -0.358. The highest BCUT2D eigenvalue weighted by molar-refractivity contribution is 6.04. The number of rotatable bonds is 5. The van der Waals surface area contributed by atoms with Crippen LogP contribution in [-0.4, -0.2) is 35.1 Å². The van der Waals surface area contributed by atoms with Gasteiger partial charge >= 0.3 is 0 Å². The number of carbonyl (C=O) groups is 1. The van der Waals surface area contributed by atoms with E-state index in [9.17, 15) is 4.79 Å². The molecule has 0 spiro atoms. The van der Waals surface area contributed by atoms with E-state index in [1.807, 2.05) is 30.3 Å². The van der Waals surface area contributed by atoms with Crippen LogP contribution in [0.25, 0.3) is 5.69 Å². The van der Waals surface area contributed by atoms with Crippen molar-refractivity contribution in [2.24, 2.45) is 0 Å². The molecule has 1 aromatic heterocycles. The fourth-order valence-corrected chi connectivity index (χ4v) is 2.35. The van der Waals surface area contributed by atoms with Gasteiger partial charge in [-0.25, -0.2) is 0 Å². The van der Waals surface area contributed by atoms with Crippen molar-refractivity contribution in [2.45, 2.75) is 6.92 Å². The molecule has 0 fully saturated rings. The predicted molar refractivity (Wildman–Crippen MR) is 93.6 cm³/mol. The van der Waals surface area contributed by atoms with Crippen LogP contribution in [0, 0.1) is 6.92 Å². The summed E-state index contributed by atoms with van der Waals surface area (Å²) in [6, 6.07) is 14.6. The van der Waals surface area contributed by atoms with E-state index in [4.69, 9.17) is 9.47 Å². The summed E-state index contributed by atoms with van der Waals surface area (Å²) >= 11 is 0. The first-order valence-corrected chi connectivity index (χ1v) is 7.65.